The lowest BCUT2D eigenvalue weighted by molar-refractivity contribution is -0.317. The number of unbranched alkanes of at least 4 members (excludes halogenated alkanes) is 10. The molecule has 1 unspecified atom stereocenters. The SMILES string of the molecule is [2H]CC(=O)OC[C@H]1OC(OCCCC=C)[C@H](NC(=O)C(F)(F)CCCCCCCCCCCC)[C@](O)(C(=O)C[2H])[C@@]1(O)C(=O)C[2H]. The highest BCUT2D eigenvalue weighted by Crippen LogP contribution is 2.41. The van der Waals surface area contributed by atoms with E-state index < -0.39 is 92.7 Å². The molecule has 0 aliphatic carbocycles. The number of esters is 1. The number of ether oxygens (including phenoxy) is 3. The van der Waals surface area contributed by atoms with Crippen LogP contribution in [0.5, 0.6) is 0 Å². The Balaban J connectivity index is 3.27. The summed E-state index contributed by atoms with van der Waals surface area (Å²) in [5.74, 6) is -10.2. The van der Waals surface area contributed by atoms with Crippen LogP contribution in [0.1, 0.15) is 115 Å². The molecule has 0 aromatic rings. The lowest BCUT2D eigenvalue weighted by Crippen LogP contribution is -2.83. The van der Waals surface area contributed by atoms with Crippen molar-refractivity contribution in [2.45, 2.75) is 147 Å². The summed E-state index contributed by atoms with van der Waals surface area (Å²) in [6, 6.07) is -2.34. The third kappa shape index (κ3) is 10.7. The second kappa shape index (κ2) is 18.5. The molecule has 0 saturated carbocycles. The van der Waals surface area contributed by atoms with Gasteiger partial charge < -0.3 is 29.7 Å². The van der Waals surface area contributed by atoms with Gasteiger partial charge in [-0.1, -0.05) is 70.8 Å². The van der Waals surface area contributed by atoms with Crippen molar-refractivity contribution in [3.63, 3.8) is 0 Å². The molecule has 12 heteroatoms. The van der Waals surface area contributed by atoms with Gasteiger partial charge in [0.15, 0.2) is 29.1 Å². The number of carbonyl (C=O) groups excluding carboxylic acids is 4. The maximum atomic E-state index is 15.1. The summed E-state index contributed by atoms with van der Waals surface area (Å²) < 4.78 is 68.6. The lowest BCUT2D eigenvalue weighted by Gasteiger charge is -2.54. The summed E-state index contributed by atoms with van der Waals surface area (Å²) in [5.41, 5.74) is -6.96. The number of rotatable bonds is 22. The Kier molecular flexibility index (Phi) is 14.5. The first-order chi connectivity index (χ1) is 21.8. The first-order valence-corrected chi connectivity index (χ1v) is 14.9. The number of halogens is 2. The van der Waals surface area contributed by atoms with Crippen molar-refractivity contribution in [3.8, 4) is 0 Å². The molecule has 0 bridgehead atoms. The molecule has 0 aromatic heterocycles. The highest BCUT2D eigenvalue weighted by molar-refractivity contribution is 5.99. The highest BCUT2D eigenvalue weighted by Gasteiger charge is 2.71. The number of amides is 1. The third-order valence-corrected chi connectivity index (χ3v) is 7.61. The number of carbonyl (C=O) groups is 4. The van der Waals surface area contributed by atoms with Gasteiger partial charge in [-0.05, 0) is 33.1 Å². The van der Waals surface area contributed by atoms with E-state index in [1.165, 1.54) is 12.8 Å². The average molecular weight is 623 g/mol. The summed E-state index contributed by atoms with van der Waals surface area (Å²) in [5, 5.41) is 25.3. The maximum absolute atomic E-state index is 15.1. The van der Waals surface area contributed by atoms with Crippen molar-refractivity contribution in [3.05, 3.63) is 12.7 Å². The summed E-state index contributed by atoms with van der Waals surface area (Å²) in [6.45, 7) is 1.08. The number of allylic oxidation sites excluding steroid dienone is 1. The quantitative estimate of drug-likeness (QED) is 0.0912. The molecule has 0 aromatic carbocycles. The van der Waals surface area contributed by atoms with Gasteiger partial charge >= 0.3 is 11.9 Å². The van der Waals surface area contributed by atoms with Gasteiger partial charge in [0.1, 0.15) is 18.8 Å². The predicted molar refractivity (Wildman–Crippen MR) is 155 cm³/mol. The molecule has 248 valence electrons. The Hall–Kier alpha value is -2.28. The molecule has 1 saturated heterocycles. The largest absolute Gasteiger partial charge is 0.463 e. The molecule has 1 aliphatic heterocycles. The second-order valence-corrected chi connectivity index (χ2v) is 10.9. The van der Waals surface area contributed by atoms with Crippen LogP contribution < -0.4 is 5.32 Å². The smallest absolute Gasteiger partial charge is 0.324 e. The minimum Gasteiger partial charge on any atom is -0.463 e. The summed E-state index contributed by atoms with van der Waals surface area (Å²) >= 11 is 0. The van der Waals surface area contributed by atoms with Crippen molar-refractivity contribution in [1.82, 2.24) is 5.32 Å². The number of nitrogens with one attached hydrogen (secondary N) is 1. The fourth-order valence-corrected chi connectivity index (χ4v) is 5.05. The van der Waals surface area contributed by atoms with Gasteiger partial charge in [-0.15, -0.1) is 6.58 Å². The molecule has 3 N–H and O–H groups in total. The topological polar surface area (TPSA) is 148 Å². The number of alkyl halides is 2. The lowest BCUT2D eigenvalue weighted by atomic mass is 9.67. The zero-order chi connectivity index (χ0) is 34.8. The number of Topliss-reactive ketones (excluding diaryl/α,β-unsaturated/α-hetero) is 2. The number of hydrogen-bond donors (Lipinski definition) is 3. The summed E-state index contributed by atoms with van der Waals surface area (Å²) in [7, 11) is 0. The van der Waals surface area contributed by atoms with Crippen LogP contribution in [0.25, 0.3) is 0 Å². The summed E-state index contributed by atoms with van der Waals surface area (Å²) in [4.78, 5) is 50.9. The van der Waals surface area contributed by atoms with E-state index in [1.54, 1.807) is 6.08 Å². The molecule has 1 amide bonds. The fourth-order valence-electron chi connectivity index (χ4n) is 5.05. The Morgan fingerprint density at radius 1 is 0.953 bits per heavy atom. The van der Waals surface area contributed by atoms with Gasteiger partial charge in [0.25, 0.3) is 5.91 Å². The third-order valence-electron chi connectivity index (χ3n) is 7.61. The average Bonchev–Trinajstić information content (AvgIpc) is 3.04. The zero-order valence-corrected chi connectivity index (χ0v) is 25.3. The van der Waals surface area contributed by atoms with Gasteiger partial charge in [0.05, 0.1) is 6.61 Å². The molecule has 1 rings (SSSR count). The minimum atomic E-state index is -4.00. The Labute approximate surface area is 258 Å². The minimum absolute atomic E-state index is 0.000467. The van der Waals surface area contributed by atoms with E-state index >= 15 is 8.78 Å². The first kappa shape index (κ1) is 33.6. The van der Waals surface area contributed by atoms with Crippen molar-refractivity contribution in [1.29, 1.82) is 0 Å². The second-order valence-electron chi connectivity index (χ2n) is 10.9. The van der Waals surface area contributed by atoms with Crippen molar-refractivity contribution < 1.29 is 56.5 Å². The van der Waals surface area contributed by atoms with Crippen LogP contribution in [0, 0.1) is 0 Å². The number of aliphatic hydroxyl groups is 2. The molecule has 43 heavy (non-hydrogen) atoms. The Morgan fingerprint density at radius 2 is 1.53 bits per heavy atom. The maximum Gasteiger partial charge on any atom is 0.324 e. The van der Waals surface area contributed by atoms with Crippen molar-refractivity contribution in [2.24, 2.45) is 0 Å². The number of ketones is 2. The van der Waals surface area contributed by atoms with E-state index in [-0.39, 0.29) is 19.4 Å². The standard InChI is InChI=1S/C31H51F2NO9/c1-6-8-10-11-12-13-14-15-16-17-19-29(32,33)28(38)34-26-27(41-20-18-9-7-2)43-25(21-42-24(5)37)30(39,22(3)35)31(26,40)23(4)36/h7,25-27,39-40H,2,6,8-21H2,1,3-5H3,(H,34,38)/t25-,26+,27?,30-,31-/m1/s1/i3D,4D,5D. The fraction of sp³-hybridized carbons (Fsp3) is 0.806. The van der Waals surface area contributed by atoms with Crippen molar-refractivity contribution in [2.75, 3.05) is 13.2 Å². The van der Waals surface area contributed by atoms with Crippen LogP contribution in [-0.2, 0) is 33.4 Å². The van der Waals surface area contributed by atoms with Crippen LogP contribution in [0.15, 0.2) is 12.7 Å². The molecule has 5 atom stereocenters. The van der Waals surface area contributed by atoms with E-state index in [9.17, 15) is 29.4 Å². The van der Waals surface area contributed by atoms with Gasteiger partial charge in [0, 0.05) is 17.4 Å². The van der Waals surface area contributed by atoms with E-state index in [4.69, 9.17) is 18.3 Å². The van der Waals surface area contributed by atoms with E-state index in [2.05, 4.69) is 13.5 Å². The monoisotopic (exact) mass is 622 g/mol. The van der Waals surface area contributed by atoms with Crippen LogP contribution in [-0.4, -0.2) is 82.4 Å². The van der Waals surface area contributed by atoms with Gasteiger partial charge in [0.2, 0.25) is 0 Å². The molecule has 1 heterocycles. The normalized spacial score (nSPS) is 26.5. The molecule has 0 spiro atoms. The molecule has 1 aliphatic rings. The van der Waals surface area contributed by atoms with Crippen LogP contribution in [0.4, 0.5) is 8.78 Å². The van der Waals surface area contributed by atoms with Crippen LogP contribution in [0.2, 0.25) is 0 Å². The van der Waals surface area contributed by atoms with Crippen LogP contribution >= 0.6 is 0 Å². The zero-order valence-electron chi connectivity index (χ0n) is 28.3. The molecule has 0 radical (unpaired) electrons. The predicted octanol–water partition coefficient (Wildman–Crippen LogP) is 4.33. The van der Waals surface area contributed by atoms with E-state index in [1.807, 2.05) is 5.32 Å². The van der Waals surface area contributed by atoms with Crippen LogP contribution in [0.3, 0.4) is 0 Å². The number of hydrogen-bond acceptors (Lipinski definition) is 9. The summed E-state index contributed by atoms with van der Waals surface area (Å²) in [6.07, 6.45) is 6.04. The Morgan fingerprint density at radius 3 is 2.09 bits per heavy atom. The molecule has 1 fully saturated rings. The highest BCUT2D eigenvalue weighted by atomic mass is 19.3. The van der Waals surface area contributed by atoms with E-state index in [0.29, 0.717) is 19.3 Å². The van der Waals surface area contributed by atoms with Crippen molar-refractivity contribution >= 4 is 23.4 Å². The molecule has 10 nitrogen and oxygen atoms in total. The molecular weight excluding hydrogens is 568 g/mol. The van der Waals surface area contributed by atoms with E-state index in [0.717, 1.165) is 32.1 Å². The Bertz CT molecular complexity index is 993. The van der Waals surface area contributed by atoms with Gasteiger partial charge in [-0.3, -0.25) is 19.2 Å². The first-order valence-electron chi connectivity index (χ1n) is 17.0. The van der Waals surface area contributed by atoms with Gasteiger partial charge in [-0.25, -0.2) is 0 Å². The van der Waals surface area contributed by atoms with Gasteiger partial charge in [-0.2, -0.15) is 8.78 Å². The molecular formula is C31H51F2NO9.